The average molecular weight is 343 g/mol. The summed E-state index contributed by atoms with van der Waals surface area (Å²) in [5.41, 5.74) is 8.17. The van der Waals surface area contributed by atoms with Gasteiger partial charge in [0, 0.05) is 31.2 Å². The second-order valence-electron chi connectivity index (χ2n) is 5.67. The molecule has 2 rings (SSSR count). The molecule has 0 saturated carbocycles. The molecule has 2 aromatic rings. The summed E-state index contributed by atoms with van der Waals surface area (Å²) in [6.45, 7) is 5.56. The minimum Gasteiger partial charge on any atom is -0.488 e. The number of hydrogen-bond acceptors (Lipinski definition) is 6. The Morgan fingerprint density at radius 1 is 1.40 bits per heavy atom. The summed E-state index contributed by atoms with van der Waals surface area (Å²) >= 11 is 0. The summed E-state index contributed by atoms with van der Waals surface area (Å²) in [6.07, 6.45) is 4.49. The van der Waals surface area contributed by atoms with Crippen molar-refractivity contribution in [1.29, 1.82) is 0 Å². The normalized spacial score (nSPS) is 12.0. The monoisotopic (exact) mass is 343 g/mol. The lowest BCUT2D eigenvalue weighted by molar-refractivity contribution is 0.231. The van der Waals surface area contributed by atoms with Crippen molar-refractivity contribution in [2.24, 2.45) is 10.7 Å². The van der Waals surface area contributed by atoms with Crippen molar-refractivity contribution in [3.63, 3.8) is 0 Å². The Kier molecular flexibility index (Phi) is 6.05. The van der Waals surface area contributed by atoms with E-state index in [0.717, 1.165) is 5.56 Å². The molecule has 0 fully saturated rings. The first-order valence-electron chi connectivity index (χ1n) is 7.86. The predicted octanol–water partition coefficient (Wildman–Crippen LogP) is 3.29. The fourth-order valence-electron chi connectivity index (χ4n) is 2.18. The van der Waals surface area contributed by atoms with Crippen molar-refractivity contribution in [2.75, 3.05) is 12.4 Å². The molecule has 1 aromatic carbocycles. The summed E-state index contributed by atoms with van der Waals surface area (Å²) in [7, 11) is 1.64. The van der Waals surface area contributed by atoms with Crippen LogP contribution in [-0.4, -0.2) is 29.3 Å². The van der Waals surface area contributed by atoms with Crippen LogP contribution in [0, 0.1) is 12.7 Å². The van der Waals surface area contributed by atoms with E-state index in [0.29, 0.717) is 22.9 Å². The van der Waals surface area contributed by atoms with Gasteiger partial charge in [0.15, 0.2) is 11.6 Å². The molecule has 7 heteroatoms. The zero-order valence-electron chi connectivity index (χ0n) is 14.7. The van der Waals surface area contributed by atoms with Crippen LogP contribution in [0.3, 0.4) is 0 Å². The van der Waals surface area contributed by atoms with E-state index >= 15 is 0 Å². The Balaban J connectivity index is 2.36. The molecule has 0 unspecified atom stereocenters. The molecule has 1 heterocycles. The van der Waals surface area contributed by atoms with Gasteiger partial charge in [-0.15, -0.1) is 0 Å². The van der Waals surface area contributed by atoms with Crippen molar-refractivity contribution in [3.8, 4) is 17.0 Å². The standard InChI is InChI=1S/C18H22FN5O/c1-11(2)25-16-6-5-13(7-15(16)19)17-12(3)9-22-18(24-17)23-14(8-20)10-21-4/h5-11H,20H2,1-4H3,(H,22,23,24). The number of ether oxygens (including phenoxy) is 1. The van der Waals surface area contributed by atoms with Crippen LogP contribution in [0.4, 0.5) is 10.3 Å². The van der Waals surface area contributed by atoms with Crippen molar-refractivity contribution in [2.45, 2.75) is 26.9 Å². The minimum atomic E-state index is -0.431. The minimum absolute atomic E-state index is 0.0985. The Morgan fingerprint density at radius 2 is 2.16 bits per heavy atom. The van der Waals surface area contributed by atoms with E-state index in [1.807, 2.05) is 20.8 Å². The molecule has 0 aliphatic carbocycles. The van der Waals surface area contributed by atoms with Crippen LogP contribution >= 0.6 is 0 Å². The average Bonchev–Trinajstić information content (AvgIpc) is 2.57. The van der Waals surface area contributed by atoms with E-state index in [2.05, 4.69) is 20.3 Å². The van der Waals surface area contributed by atoms with Crippen LogP contribution < -0.4 is 15.8 Å². The SMILES string of the molecule is CN=CC(=CN)Nc1ncc(C)c(-c2ccc(OC(C)C)c(F)c2)n1. The van der Waals surface area contributed by atoms with Gasteiger partial charge in [0.1, 0.15) is 0 Å². The van der Waals surface area contributed by atoms with Crippen LogP contribution in [0.15, 0.2) is 41.3 Å². The number of anilines is 1. The molecule has 0 aliphatic rings. The second kappa shape index (κ2) is 8.23. The highest BCUT2D eigenvalue weighted by Crippen LogP contribution is 2.27. The first kappa shape index (κ1) is 18.4. The molecular formula is C18H22FN5O. The summed E-state index contributed by atoms with van der Waals surface area (Å²) in [5, 5.41) is 2.97. The lowest BCUT2D eigenvalue weighted by atomic mass is 10.1. The molecule has 0 saturated heterocycles. The number of aromatic nitrogens is 2. The molecule has 0 atom stereocenters. The summed E-state index contributed by atoms with van der Waals surface area (Å²) in [6, 6.07) is 4.78. The van der Waals surface area contributed by atoms with Gasteiger partial charge in [-0.3, -0.25) is 4.99 Å². The number of benzene rings is 1. The highest BCUT2D eigenvalue weighted by atomic mass is 19.1. The Labute approximate surface area is 146 Å². The fraction of sp³-hybridized carbons (Fsp3) is 0.278. The largest absolute Gasteiger partial charge is 0.488 e. The van der Waals surface area contributed by atoms with Crippen molar-refractivity contribution in [3.05, 3.63) is 47.7 Å². The number of aryl methyl sites for hydroxylation is 1. The first-order valence-corrected chi connectivity index (χ1v) is 7.86. The van der Waals surface area contributed by atoms with Crippen LogP contribution in [0.1, 0.15) is 19.4 Å². The maximum absolute atomic E-state index is 14.3. The Hall–Kier alpha value is -2.96. The van der Waals surface area contributed by atoms with Crippen LogP contribution in [0.25, 0.3) is 11.3 Å². The van der Waals surface area contributed by atoms with Crippen LogP contribution in [0.5, 0.6) is 5.75 Å². The fourth-order valence-corrected chi connectivity index (χ4v) is 2.18. The van der Waals surface area contributed by atoms with E-state index in [1.54, 1.807) is 31.6 Å². The van der Waals surface area contributed by atoms with Gasteiger partial charge in [-0.1, -0.05) is 0 Å². The molecule has 1 aromatic heterocycles. The molecule has 0 radical (unpaired) electrons. The molecule has 25 heavy (non-hydrogen) atoms. The predicted molar refractivity (Wildman–Crippen MR) is 98.2 cm³/mol. The topological polar surface area (TPSA) is 85.4 Å². The van der Waals surface area contributed by atoms with E-state index in [-0.39, 0.29) is 11.9 Å². The zero-order valence-corrected chi connectivity index (χ0v) is 14.7. The van der Waals surface area contributed by atoms with E-state index in [1.165, 1.54) is 12.3 Å². The van der Waals surface area contributed by atoms with Gasteiger partial charge in [-0.25, -0.2) is 14.4 Å². The third kappa shape index (κ3) is 4.76. The maximum atomic E-state index is 14.3. The number of nitrogens with zero attached hydrogens (tertiary/aromatic N) is 3. The number of hydrogen-bond donors (Lipinski definition) is 2. The number of nitrogens with one attached hydrogen (secondary N) is 1. The molecule has 0 spiro atoms. The summed E-state index contributed by atoms with van der Waals surface area (Å²) in [4.78, 5) is 12.6. The molecule has 3 N–H and O–H groups in total. The van der Waals surface area contributed by atoms with Gasteiger partial charge < -0.3 is 15.8 Å². The van der Waals surface area contributed by atoms with Crippen molar-refractivity contribution < 1.29 is 9.13 Å². The number of halogens is 1. The smallest absolute Gasteiger partial charge is 0.227 e. The van der Waals surface area contributed by atoms with Gasteiger partial charge in [-0.05, 0) is 44.5 Å². The Morgan fingerprint density at radius 3 is 2.76 bits per heavy atom. The molecular weight excluding hydrogens is 321 g/mol. The molecule has 0 aliphatic heterocycles. The van der Waals surface area contributed by atoms with Crippen molar-refractivity contribution >= 4 is 12.2 Å². The maximum Gasteiger partial charge on any atom is 0.227 e. The highest BCUT2D eigenvalue weighted by molar-refractivity contribution is 5.82. The number of allylic oxidation sites excluding steroid dienone is 1. The number of aliphatic imine (C=N–C) groups is 1. The zero-order chi connectivity index (χ0) is 18.4. The van der Waals surface area contributed by atoms with E-state index < -0.39 is 5.82 Å². The number of rotatable bonds is 6. The van der Waals surface area contributed by atoms with Gasteiger partial charge >= 0.3 is 0 Å². The molecule has 6 nitrogen and oxygen atoms in total. The van der Waals surface area contributed by atoms with Crippen molar-refractivity contribution in [1.82, 2.24) is 9.97 Å². The highest BCUT2D eigenvalue weighted by Gasteiger charge is 2.12. The Bertz CT molecular complexity index is 802. The van der Waals surface area contributed by atoms with E-state index in [9.17, 15) is 4.39 Å². The number of nitrogens with two attached hydrogens (primary N) is 1. The van der Waals surface area contributed by atoms with Gasteiger partial charge in [0.05, 0.1) is 17.5 Å². The molecule has 0 amide bonds. The summed E-state index contributed by atoms with van der Waals surface area (Å²) in [5.74, 6) is 0.135. The third-order valence-electron chi connectivity index (χ3n) is 3.24. The molecule has 132 valence electrons. The van der Waals surface area contributed by atoms with Gasteiger partial charge in [0.25, 0.3) is 0 Å². The van der Waals surface area contributed by atoms with Crippen LogP contribution in [-0.2, 0) is 0 Å². The second-order valence-corrected chi connectivity index (χ2v) is 5.67. The summed E-state index contributed by atoms with van der Waals surface area (Å²) < 4.78 is 19.7. The molecule has 0 bridgehead atoms. The first-order chi connectivity index (χ1) is 11.9. The van der Waals surface area contributed by atoms with E-state index in [4.69, 9.17) is 10.5 Å². The van der Waals surface area contributed by atoms with Gasteiger partial charge in [0.2, 0.25) is 5.95 Å². The lowest BCUT2D eigenvalue weighted by Gasteiger charge is -2.13. The van der Waals surface area contributed by atoms with Gasteiger partial charge in [-0.2, -0.15) is 0 Å². The third-order valence-corrected chi connectivity index (χ3v) is 3.24. The van der Waals surface area contributed by atoms with Crippen LogP contribution in [0.2, 0.25) is 0 Å². The quantitative estimate of drug-likeness (QED) is 0.786. The lowest BCUT2D eigenvalue weighted by Crippen LogP contribution is -2.08.